The van der Waals surface area contributed by atoms with Crippen LogP contribution < -0.4 is 4.74 Å². The molecule has 0 aliphatic rings. The van der Waals surface area contributed by atoms with Crippen LogP contribution in [0.3, 0.4) is 0 Å². The summed E-state index contributed by atoms with van der Waals surface area (Å²) in [5.74, 6) is -0.237. The van der Waals surface area contributed by atoms with Crippen LogP contribution in [0.5, 0.6) is 5.75 Å². The second kappa shape index (κ2) is 5.96. The Morgan fingerprint density at radius 3 is 2.50 bits per heavy atom. The van der Waals surface area contributed by atoms with Gasteiger partial charge in [0.25, 0.3) is 0 Å². The number of rotatable bonds is 5. The SMILES string of the molecule is O=CCc1ccc(OCc2ccccc2)c(F)c1. The summed E-state index contributed by atoms with van der Waals surface area (Å²) >= 11 is 0. The average Bonchev–Trinajstić information content (AvgIpc) is 2.39. The number of hydrogen-bond donors (Lipinski definition) is 0. The molecule has 18 heavy (non-hydrogen) atoms. The predicted molar refractivity (Wildman–Crippen MR) is 66.9 cm³/mol. The van der Waals surface area contributed by atoms with Crippen LogP contribution in [0, 0.1) is 5.82 Å². The Labute approximate surface area is 105 Å². The topological polar surface area (TPSA) is 26.3 Å². The summed E-state index contributed by atoms with van der Waals surface area (Å²) in [7, 11) is 0. The largest absolute Gasteiger partial charge is 0.486 e. The van der Waals surface area contributed by atoms with Crippen LogP contribution in [0.2, 0.25) is 0 Å². The number of benzene rings is 2. The van der Waals surface area contributed by atoms with E-state index >= 15 is 0 Å². The van der Waals surface area contributed by atoms with Crippen molar-refractivity contribution < 1.29 is 13.9 Å². The van der Waals surface area contributed by atoms with Gasteiger partial charge in [0.2, 0.25) is 0 Å². The highest BCUT2D eigenvalue weighted by Gasteiger charge is 2.04. The molecule has 0 aromatic heterocycles. The van der Waals surface area contributed by atoms with E-state index < -0.39 is 5.82 Å². The van der Waals surface area contributed by atoms with Gasteiger partial charge in [0.15, 0.2) is 11.6 Å². The first-order valence-electron chi connectivity index (χ1n) is 5.68. The fraction of sp³-hybridized carbons (Fsp3) is 0.133. The lowest BCUT2D eigenvalue weighted by molar-refractivity contribution is -0.107. The Morgan fingerprint density at radius 2 is 1.83 bits per heavy atom. The number of carbonyl (C=O) groups is 1. The summed E-state index contributed by atoms with van der Waals surface area (Å²) in [6.45, 7) is 0.324. The third-order valence-electron chi connectivity index (χ3n) is 2.55. The van der Waals surface area contributed by atoms with Crippen LogP contribution >= 0.6 is 0 Å². The van der Waals surface area contributed by atoms with Crippen molar-refractivity contribution in [2.45, 2.75) is 13.0 Å². The van der Waals surface area contributed by atoms with Crippen LogP contribution in [-0.2, 0) is 17.8 Å². The normalized spacial score (nSPS) is 10.1. The van der Waals surface area contributed by atoms with Gasteiger partial charge in [-0.05, 0) is 23.3 Å². The molecule has 2 aromatic rings. The molecule has 0 saturated carbocycles. The molecule has 0 N–H and O–H groups in total. The number of halogens is 1. The molecule has 0 heterocycles. The van der Waals surface area contributed by atoms with Gasteiger partial charge in [0.1, 0.15) is 12.9 Å². The molecule has 0 fully saturated rings. The first-order chi connectivity index (χ1) is 8.79. The van der Waals surface area contributed by atoms with Crippen LogP contribution in [0.4, 0.5) is 4.39 Å². The highest BCUT2D eigenvalue weighted by molar-refractivity contribution is 5.55. The lowest BCUT2D eigenvalue weighted by atomic mass is 10.1. The Morgan fingerprint density at radius 1 is 1.06 bits per heavy atom. The van der Waals surface area contributed by atoms with Crippen molar-refractivity contribution in [3.8, 4) is 5.75 Å². The van der Waals surface area contributed by atoms with E-state index in [1.807, 2.05) is 30.3 Å². The van der Waals surface area contributed by atoms with Gasteiger partial charge in [-0.2, -0.15) is 0 Å². The van der Waals surface area contributed by atoms with E-state index in [2.05, 4.69) is 0 Å². The first-order valence-corrected chi connectivity index (χ1v) is 5.68. The summed E-state index contributed by atoms with van der Waals surface area (Å²) in [4.78, 5) is 10.3. The molecule has 2 rings (SSSR count). The molecule has 2 nitrogen and oxygen atoms in total. The molecule has 92 valence electrons. The average molecular weight is 244 g/mol. The molecular formula is C15H13FO2. The predicted octanol–water partition coefficient (Wildman–Crippen LogP) is 3.15. The highest BCUT2D eigenvalue weighted by atomic mass is 19.1. The van der Waals surface area contributed by atoms with Gasteiger partial charge >= 0.3 is 0 Å². The smallest absolute Gasteiger partial charge is 0.165 e. The van der Waals surface area contributed by atoms with Crippen molar-refractivity contribution >= 4 is 6.29 Å². The zero-order valence-electron chi connectivity index (χ0n) is 9.80. The maximum Gasteiger partial charge on any atom is 0.165 e. The minimum absolute atomic E-state index is 0.202. The highest BCUT2D eigenvalue weighted by Crippen LogP contribution is 2.19. The molecule has 0 radical (unpaired) electrons. The van der Waals surface area contributed by atoms with Gasteiger partial charge < -0.3 is 9.53 Å². The Hall–Kier alpha value is -2.16. The molecule has 0 aliphatic carbocycles. The summed E-state index contributed by atoms with van der Waals surface area (Å²) in [5, 5.41) is 0. The zero-order chi connectivity index (χ0) is 12.8. The quantitative estimate of drug-likeness (QED) is 0.755. The van der Waals surface area contributed by atoms with E-state index in [1.165, 1.54) is 6.07 Å². The van der Waals surface area contributed by atoms with E-state index in [-0.39, 0.29) is 12.2 Å². The third kappa shape index (κ3) is 3.17. The van der Waals surface area contributed by atoms with Crippen LogP contribution in [0.25, 0.3) is 0 Å². The molecule has 3 heteroatoms. The van der Waals surface area contributed by atoms with Gasteiger partial charge in [0, 0.05) is 6.42 Å². The first kappa shape index (κ1) is 12.3. The lowest BCUT2D eigenvalue weighted by Crippen LogP contribution is -1.98. The van der Waals surface area contributed by atoms with Crippen LogP contribution in [0.1, 0.15) is 11.1 Å². The fourth-order valence-electron chi connectivity index (χ4n) is 1.62. The minimum Gasteiger partial charge on any atom is -0.486 e. The molecule has 0 aliphatic heterocycles. The lowest BCUT2D eigenvalue weighted by Gasteiger charge is -2.08. The molecule has 0 amide bonds. The molecule has 0 saturated heterocycles. The Kier molecular flexibility index (Phi) is 4.07. The van der Waals surface area contributed by atoms with Crippen LogP contribution in [0.15, 0.2) is 48.5 Å². The van der Waals surface area contributed by atoms with E-state index in [9.17, 15) is 9.18 Å². The van der Waals surface area contributed by atoms with Gasteiger partial charge in [0.05, 0.1) is 0 Å². The number of ether oxygens (including phenoxy) is 1. The van der Waals surface area contributed by atoms with Crippen molar-refractivity contribution in [3.63, 3.8) is 0 Å². The Bertz CT molecular complexity index is 523. The number of aldehydes is 1. The van der Waals surface area contributed by atoms with E-state index in [1.54, 1.807) is 12.1 Å². The second-order valence-electron chi connectivity index (χ2n) is 3.91. The molecular weight excluding hydrogens is 231 g/mol. The summed E-state index contributed by atoms with van der Waals surface area (Å²) in [5.41, 5.74) is 1.63. The summed E-state index contributed by atoms with van der Waals surface area (Å²) in [6, 6.07) is 14.1. The Balaban J connectivity index is 2.03. The van der Waals surface area contributed by atoms with E-state index in [0.29, 0.717) is 12.2 Å². The molecule has 0 unspecified atom stereocenters. The minimum atomic E-state index is -0.440. The van der Waals surface area contributed by atoms with Crippen molar-refractivity contribution in [3.05, 3.63) is 65.5 Å². The maximum absolute atomic E-state index is 13.6. The van der Waals surface area contributed by atoms with Crippen molar-refractivity contribution in [1.82, 2.24) is 0 Å². The second-order valence-corrected chi connectivity index (χ2v) is 3.91. The summed E-state index contributed by atoms with van der Waals surface area (Å²) in [6.07, 6.45) is 0.967. The van der Waals surface area contributed by atoms with Crippen molar-refractivity contribution in [1.29, 1.82) is 0 Å². The molecule has 0 spiro atoms. The van der Waals surface area contributed by atoms with Gasteiger partial charge in [-0.15, -0.1) is 0 Å². The monoisotopic (exact) mass is 244 g/mol. The maximum atomic E-state index is 13.6. The zero-order valence-corrected chi connectivity index (χ0v) is 9.80. The van der Waals surface area contributed by atoms with Gasteiger partial charge in [-0.3, -0.25) is 0 Å². The van der Waals surface area contributed by atoms with Crippen molar-refractivity contribution in [2.24, 2.45) is 0 Å². The fourth-order valence-corrected chi connectivity index (χ4v) is 1.62. The van der Waals surface area contributed by atoms with E-state index in [4.69, 9.17) is 4.74 Å². The molecule has 0 bridgehead atoms. The van der Waals surface area contributed by atoms with E-state index in [0.717, 1.165) is 11.8 Å². The number of hydrogen-bond acceptors (Lipinski definition) is 2. The molecule has 2 aromatic carbocycles. The summed E-state index contributed by atoms with van der Waals surface area (Å²) < 4.78 is 19.0. The standard InChI is InChI=1S/C15H13FO2/c16-14-10-12(8-9-17)6-7-15(14)18-11-13-4-2-1-3-5-13/h1-7,9-10H,8,11H2. The number of carbonyl (C=O) groups excluding carboxylic acids is 1. The van der Waals surface area contributed by atoms with Gasteiger partial charge in [-0.25, -0.2) is 4.39 Å². The van der Waals surface area contributed by atoms with Gasteiger partial charge in [-0.1, -0.05) is 36.4 Å². The third-order valence-corrected chi connectivity index (χ3v) is 2.55. The van der Waals surface area contributed by atoms with Crippen molar-refractivity contribution in [2.75, 3.05) is 0 Å². The van der Waals surface area contributed by atoms with Crippen LogP contribution in [-0.4, -0.2) is 6.29 Å². The molecule has 0 atom stereocenters.